The Bertz CT molecular complexity index is 676. The van der Waals surface area contributed by atoms with Gasteiger partial charge in [0, 0.05) is 16.6 Å². The van der Waals surface area contributed by atoms with E-state index in [2.05, 4.69) is 27.3 Å². The first-order valence-corrected chi connectivity index (χ1v) is 7.81. The zero-order chi connectivity index (χ0) is 15.1. The van der Waals surface area contributed by atoms with Gasteiger partial charge in [0.15, 0.2) is 0 Å². The molecule has 1 amide bonds. The van der Waals surface area contributed by atoms with Crippen LogP contribution in [0.1, 0.15) is 27.9 Å². The van der Waals surface area contributed by atoms with Crippen LogP contribution >= 0.6 is 15.9 Å². The van der Waals surface area contributed by atoms with Crippen molar-refractivity contribution in [1.29, 1.82) is 5.26 Å². The molecule has 0 saturated heterocycles. The smallest absolute Gasteiger partial charge is 0.255 e. The van der Waals surface area contributed by atoms with Gasteiger partial charge >= 0.3 is 0 Å². The number of nitrogens with one attached hydrogen (secondary N) is 1. The van der Waals surface area contributed by atoms with Crippen LogP contribution in [0.5, 0.6) is 0 Å². The highest BCUT2D eigenvalue weighted by molar-refractivity contribution is 9.09. The van der Waals surface area contributed by atoms with Gasteiger partial charge in [0.1, 0.15) is 0 Å². The third kappa shape index (κ3) is 4.44. The molecule has 1 N–H and O–H groups in total. The van der Waals surface area contributed by atoms with Crippen LogP contribution in [-0.2, 0) is 6.42 Å². The van der Waals surface area contributed by atoms with E-state index in [9.17, 15) is 4.79 Å². The van der Waals surface area contributed by atoms with Gasteiger partial charge in [0.25, 0.3) is 5.91 Å². The van der Waals surface area contributed by atoms with Crippen LogP contribution in [0.4, 0.5) is 5.69 Å². The number of alkyl halides is 1. The minimum Gasteiger partial charge on any atom is -0.322 e. The fourth-order valence-electron chi connectivity index (χ4n) is 2.01. The van der Waals surface area contributed by atoms with Crippen molar-refractivity contribution in [1.82, 2.24) is 0 Å². The topological polar surface area (TPSA) is 52.9 Å². The second kappa shape index (κ2) is 7.61. The highest BCUT2D eigenvalue weighted by atomic mass is 79.9. The number of aryl methyl sites for hydroxylation is 1. The number of hydrogen-bond acceptors (Lipinski definition) is 2. The van der Waals surface area contributed by atoms with Crippen molar-refractivity contribution in [3.05, 3.63) is 65.2 Å². The summed E-state index contributed by atoms with van der Waals surface area (Å²) in [5.74, 6) is -0.204. The average Bonchev–Trinajstić information content (AvgIpc) is 2.53. The van der Waals surface area contributed by atoms with E-state index < -0.39 is 0 Å². The highest BCUT2D eigenvalue weighted by Crippen LogP contribution is 2.14. The van der Waals surface area contributed by atoms with E-state index in [0.29, 0.717) is 11.1 Å². The van der Waals surface area contributed by atoms with E-state index in [1.54, 1.807) is 24.3 Å². The van der Waals surface area contributed by atoms with Crippen molar-refractivity contribution >= 4 is 27.5 Å². The van der Waals surface area contributed by atoms with Crippen molar-refractivity contribution in [2.75, 3.05) is 10.6 Å². The zero-order valence-electron chi connectivity index (χ0n) is 11.5. The average molecular weight is 343 g/mol. The number of benzene rings is 2. The van der Waals surface area contributed by atoms with Gasteiger partial charge in [-0.2, -0.15) is 5.26 Å². The number of halogens is 1. The number of rotatable bonds is 5. The first kappa shape index (κ1) is 15.3. The number of carbonyl (C=O) groups excluding carboxylic acids is 1. The van der Waals surface area contributed by atoms with Crippen LogP contribution in [-0.4, -0.2) is 11.2 Å². The Morgan fingerprint density at radius 1 is 1.19 bits per heavy atom. The molecule has 0 aliphatic carbocycles. The molecule has 0 saturated carbocycles. The Morgan fingerprint density at radius 2 is 2.00 bits per heavy atom. The van der Waals surface area contributed by atoms with Crippen LogP contribution in [0.2, 0.25) is 0 Å². The van der Waals surface area contributed by atoms with Gasteiger partial charge in [-0.25, -0.2) is 0 Å². The normalized spacial score (nSPS) is 9.90. The molecule has 0 heterocycles. The Hall–Kier alpha value is -2.12. The van der Waals surface area contributed by atoms with Crippen molar-refractivity contribution in [2.45, 2.75) is 12.8 Å². The molecule has 0 spiro atoms. The van der Waals surface area contributed by atoms with E-state index in [0.717, 1.165) is 23.9 Å². The molecule has 2 rings (SSSR count). The van der Waals surface area contributed by atoms with Crippen LogP contribution < -0.4 is 5.32 Å². The quantitative estimate of drug-likeness (QED) is 0.830. The summed E-state index contributed by atoms with van der Waals surface area (Å²) in [4.78, 5) is 12.2. The molecule has 0 radical (unpaired) electrons. The van der Waals surface area contributed by atoms with Gasteiger partial charge in [-0.05, 0) is 48.7 Å². The van der Waals surface area contributed by atoms with Crippen molar-refractivity contribution in [2.24, 2.45) is 0 Å². The Kier molecular flexibility index (Phi) is 5.53. The predicted molar refractivity (Wildman–Crippen MR) is 87.7 cm³/mol. The minimum atomic E-state index is -0.204. The molecule has 0 aliphatic rings. The van der Waals surface area contributed by atoms with Crippen molar-refractivity contribution < 1.29 is 4.79 Å². The Balaban J connectivity index is 2.10. The lowest BCUT2D eigenvalue weighted by Crippen LogP contribution is -2.12. The molecular weight excluding hydrogens is 328 g/mol. The van der Waals surface area contributed by atoms with Gasteiger partial charge in [0.05, 0.1) is 11.6 Å². The van der Waals surface area contributed by atoms with E-state index >= 15 is 0 Å². The molecule has 3 nitrogen and oxygen atoms in total. The summed E-state index contributed by atoms with van der Waals surface area (Å²) < 4.78 is 0. The number of nitriles is 1. The molecule has 0 atom stereocenters. The summed E-state index contributed by atoms with van der Waals surface area (Å²) in [6, 6.07) is 16.5. The summed E-state index contributed by atoms with van der Waals surface area (Å²) >= 11 is 3.41. The molecule has 0 fully saturated rings. The molecule has 106 valence electrons. The number of hydrogen-bond donors (Lipinski definition) is 1. The maximum Gasteiger partial charge on any atom is 0.255 e. The summed E-state index contributed by atoms with van der Waals surface area (Å²) in [6.07, 6.45) is 2.03. The summed E-state index contributed by atoms with van der Waals surface area (Å²) in [7, 11) is 0. The minimum absolute atomic E-state index is 0.204. The fourth-order valence-corrected chi connectivity index (χ4v) is 2.29. The number of nitrogens with zero attached hydrogens (tertiary/aromatic N) is 1. The molecule has 0 aromatic heterocycles. The Morgan fingerprint density at radius 3 is 2.76 bits per heavy atom. The molecule has 2 aromatic rings. The number of amides is 1. The van der Waals surface area contributed by atoms with E-state index in [4.69, 9.17) is 5.26 Å². The maximum absolute atomic E-state index is 12.2. The van der Waals surface area contributed by atoms with E-state index in [1.165, 1.54) is 5.56 Å². The third-order valence-electron chi connectivity index (χ3n) is 3.04. The third-order valence-corrected chi connectivity index (χ3v) is 3.60. The van der Waals surface area contributed by atoms with Crippen molar-refractivity contribution in [3.8, 4) is 6.07 Å². The van der Waals surface area contributed by atoms with Crippen LogP contribution in [0.15, 0.2) is 48.5 Å². The summed E-state index contributed by atoms with van der Waals surface area (Å²) in [6.45, 7) is 0. The van der Waals surface area contributed by atoms with E-state index in [-0.39, 0.29) is 5.91 Å². The van der Waals surface area contributed by atoms with Gasteiger partial charge < -0.3 is 5.32 Å². The highest BCUT2D eigenvalue weighted by Gasteiger charge is 2.07. The monoisotopic (exact) mass is 342 g/mol. The summed E-state index contributed by atoms with van der Waals surface area (Å²) in [5, 5.41) is 12.7. The lowest BCUT2D eigenvalue weighted by atomic mass is 10.1. The van der Waals surface area contributed by atoms with Gasteiger partial charge in [-0.1, -0.05) is 34.1 Å². The lowest BCUT2D eigenvalue weighted by Gasteiger charge is -2.07. The second-order valence-electron chi connectivity index (χ2n) is 4.64. The predicted octanol–water partition coefficient (Wildman–Crippen LogP) is 4.14. The van der Waals surface area contributed by atoms with Gasteiger partial charge in [-0.3, -0.25) is 4.79 Å². The first-order chi connectivity index (χ1) is 10.2. The first-order valence-electron chi connectivity index (χ1n) is 6.69. The number of carbonyl (C=O) groups is 1. The fraction of sp³-hybridized carbons (Fsp3) is 0.176. The molecule has 2 aromatic carbocycles. The van der Waals surface area contributed by atoms with Gasteiger partial charge in [-0.15, -0.1) is 0 Å². The maximum atomic E-state index is 12.2. The molecule has 21 heavy (non-hydrogen) atoms. The second-order valence-corrected chi connectivity index (χ2v) is 5.43. The van der Waals surface area contributed by atoms with Crippen molar-refractivity contribution in [3.63, 3.8) is 0 Å². The van der Waals surface area contributed by atoms with Gasteiger partial charge in [0.2, 0.25) is 0 Å². The molecular formula is C17H15BrN2O. The largest absolute Gasteiger partial charge is 0.322 e. The zero-order valence-corrected chi connectivity index (χ0v) is 13.1. The van der Waals surface area contributed by atoms with Crippen LogP contribution in [0.25, 0.3) is 0 Å². The SMILES string of the molecule is N#Cc1cccc(C(=O)Nc2cccc(CCCBr)c2)c1. The lowest BCUT2D eigenvalue weighted by molar-refractivity contribution is 0.102. The van der Waals surface area contributed by atoms with E-state index in [1.807, 2.05) is 24.3 Å². The molecule has 0 bridgehead atoms. The standard InChI is InChI=1S/C17H15BrN2O/c18-9-3-6-13-4-2-8-16(11-13)20-17(21)15-7-1-5-14(10-15)12-19/h1-2,4-5,7-8,10-11H,3,6,9H2,(H,20,21). The molecule has 0 unspecified atom stereocenters. The number of anilines is 1. The Labute approximate surface area is 132 Å². The van der Waals surface area contributed by atoms with Crippen LogP contribution in [0.3, 0.4) is 0 Å². The molecule has 0 aliphatic heterocycles. The molecule has 4 heteroatoms. The van der Waals surface area contributed by atoms with Crippen LogP contribution in [0, 0.1) is 11.3 Å². The summed E-state index contributed by atoms with van der Waals surface area (Å²) in [5.41, 5.74) is 2.93.